The molecule has 0 aliphatic carbocycles. The van der Waals surface area contributed by atoms with Gasteiger partial charge in [0.15, 0.2) is 0 Å². The van der Waals surface area contributed by atoms with Crippen LogP contribution in [0.2, 0.25) is 0 Å². The largest absolute Gasteiger partial charge is 0.394 e. The molecule has 1 saturated heterocycles. The third-order valence-corrected chi connectivity index (χ3v) is 3.27. The van der Waals surface area contributed by atoms with E-state index in [0.29, 0.717) is 0 Å². The lowest BCUT2D eigenvalue weighted by atomic mass is 10.2. The van der Waals surface area contributed by atoms with Crippen LogP contribution < -0.4 is 0 Å². The van der Waals surface area contributed by atoms with Crippen molar-refractivity contribution in [1.82, 2.24) is 4.57 Å². The first-order chi connectivity index (χ1) is 8.02. The minimum absolute atomic E-state index is 0.0785. The van der Waals surface area contributed by atoms with E-state index in [1.807, 2.05) is 22.6 Å². The van der Waals surface area contributed by atoms with Gasteiger partial charge >= 0.3 is 5.82 Å². The fraction of sp³-hybridized carbons (Fsp3) is 0.556. The van der Waals surface area contributed by atoms with Gasteiger partial charge in [-0.1, -0.05) is 0 Å². The van der Waals surface area contributed by atoms with Crippen LogP contribution >= 0.6 is 22.6 Å². The van der Waals surface area contributed by atoms with Gasteiger partial charge in [0.1, 0.15) is 12.3 Å². The molecule has 0 radical (unpaired) electrons. The van der Waals surface area contributed by atoms with Gasteiger partial charge in [-0.25, -0.2) is 4.57 Å². The molecule has 3 atom stereocenters. The Labute approximate surface area is 110 Å². The van der Waals surface area contributed by atoms with Crippen molar-refractivity contribution in [1.29, 1.82) is 0 Å². The number of nitrogens with zero attached hydrogens (tertiary/aromatic N) is 2. The zero-order chi connectivity index (χ0) is 12.6. The molecule has 1 fully saturated rings. The summed E-state index contributed by atoms with van der Waals surface area (Å²) in [5.41, 5.74) is 0. The molecule has 8 heteroatoms. The van der Waals surface area contributed by atoms with Gasteiger partial charge < -0.3 is 25.1 Å². The van der Waals surface area contributed by atoms with Crippen LogP contribution in [0, 0.1) is 13.7 Å². The summed E-state index contributed by atoms with van der Waals surface area (Å²) in [6.07, 6.45) is -0.262. The van der Waals surface area contributed by atoms with Crippen LogP contribution in [0.5, 0.6) is 0 Å². The van der Waals surface area contributed by atoms with Gasteiger partial charge in [0, 0.05) is 12.5 Å². The van der Waals surface area contributed by atoms with Gasteiger partial charge in [0.05, 0.1) is 16.3 Å². The maximum absolute atomic E-state index is 10.8. The number of halogens is 1. The Bertz CT molecular complexity index is 435. The number of aromatic nitrogens is 1. The van der Waals surface area contributed by atoms with E-state index in [1.165, 1.54) is 10.6 Å². The Hall–Kier alpha value is -0.710. The number of ether oxygens (including phenoxy) is 1. The lowest BCUT2D eigenvalue weighted by Crippen LogP contribution is -2.24. The van der Waals surface area contributed by atoms with Crippen molar-refractivity contribution in [2.24, 2.45) is 0 Å². The summed E-state index contributed by atoms with van der Waals surface area (Å²) >= 11 is 1.97. The second-order valence-corrected chi connectivity index (χ2v) is 5.04. The van der Waals surface area contributed by atoms with E-state index in [9.17, 15) is 15.2 Å². The number of aliphatic hydroxyl groups is 2. The van der Waals surface area contributed by atoms with Crippen LogP contribution in [0.1, 0.15) is 12.6 Å². The quantitative estimate of drug-likeness (QED) is 0.472. The summed E-state index contributed by atoms with van der Waals surface area (Å²) in [4.78, 5) is 10.3. The molecular weight excluding hydrogens is 343 g/mol. The van der Waals surface area contributed by atoms with Crippen LogP contribution in [0.3, 0.4) is 0 Å². The molecule has 0 aromatic carbocycles. The van der Waals surface area contributed by atoms with E-state index in [-0.39, 0.29) is 18.8 Å². The predicted molar refractivity (Wildman–Crippen MR) is 65.4 cm³/mol. The molecule has 1 aliphatic heterocycles. The standard InChI is InChI=1S/C9H11IN2O5/c10-5-1-8(12(15)16)11(3-5)9-2-6(14)7(4-13)17-9/h1,3,6-7,9,13-14H,2,4H2/t6-,7+,9?/m0/s1. The number of rotatable bonds is 3. The van der Waals surface area contributed by atoms with Crippen molar-refractivity contribution in [3.8, 4) is 0 Å². The average Bonchev–Trinajstić information content (AvgIpc) is 2.81. The first-order valence-corrected chi connectivity index (χ1v) is 6.07. The fourth-order valence-electron chi connectivity index (χ4n) is 1.86. The Morgan fingerprint density at radius 2 is 2.41 bits per heavy atom. The fourth-order valence-corrected chi connectivity index (χ4v) is 2.44. The molecular formula is C9H11IN2O5. The molecule has 0 amide bonds. The summed E-state index contributed by atoms with van der Waals surface area (Å²) in [5, 5.41) is 29.4. The maximum atomic E-state index is 10.8. The topological polar surface area (TPSA) is 97.8 Å². The molecule has 7 nitrogen and oxygen atoms in total. The van der Waals surface area contributed by atoms with Gasteiger partial charge in [-0.15, -0.1) is 0 Å². The summed E-state index contributed by atoms with van der Waals surface area (Å²) in [6, 6.07) is 1.43. The molecule has 2 heterocycles. The highest BCUT2D eigenvalue weighted by Crippen LogP contribution is 2.33. The highest BCUT2D eigenvalue weighted by atomic mass is 127. The van der Waals surface area contributed by atoms with E-state index in [2.05, 4.69) is 0 Å². The normalized spacial score (nSPS) is 28.5. The van der Waals surface area contributed by atoms with Gasteiger partial charge in [-0.05, 0) is 27.5 Å². The zero-order valence-corrected chi connectivity index (χ0v) is 10.9. The highest BCUT2D eigenvalue weighted by molar-refractivity contribution is 14.1. The molecule has 17 heavy (non-hydrogen) atoms. The SMILES string of the molecule is O=[N+]([O-])c1cc(I)cn1C1C[C@H](O)[C@@H](CO)O1. The lowest BCUT2D eigenvalue weighted by molar-refractivity contribution is -0.393. The predicted octanol–water partition coefficient (Wildman–Crippen LogP) is 0.642. The molecule has 1 unspecified atom stereocenters. The van der Waals surface area contributed by atoms with Crippen molar-refractivity contribution >= 4 is 28.4 Å². The van der Waals surface area contributed by atoms with E-state index in [0.717, 1.165) is 3.57 Å². The smallest absolute Gasteiger partial charge is 0.326 e. The minimum atomic E-state index is -0.801. The van der Waals surface area contributed by atoms with Crippen LogP contribution in [-0.4, -0.2) is 38.5 Å². The van der Waals surface area contributed by atoms with E-state index < -0.39 is 23.4 Å². The number of hydrogen-bond acceptors (Lipinski definition) is 5. The maximum Gasteiger partial charge on any atom is 0.326 e. The lowest BCUT2D eigenvalue weighted by Gasteiger charge is -2.10. The molecule has 1 aromatic rings. The van der Waals surface area contributed by atoms with Crippen LogP contribution in [0.25, 0.3) is 0 Å². The molecule has 1 aromatic heterocycles. The third kappa shape index (κ3) is 2.44. The van der Waals surface area contributed by atoms with Crippen molar-refractivity contribution in [3.63, 3.8) is 0 Å². The zero-order valence-electron chi connectivity index (χ0n) is 8.69. The van der Waals surface area contributed by atoms with E-state index in [1.54, 1.807) is 6.20 Å². The summed E-state index contributed by atoms with van der Waals surface area (Å²) < 4.78 is 7.47. The Balaban J connectivity index is 2.26. The van der Waals surface area contributed by atoms with Crippen molar-refractivity contribution in [2.45, 2.75) is 24.9 Å². The van der Waals surface area contributed by atoms with Gasteiger partial charge in [-0.3, -0.25) is 0 Å². The molecule has 2 N–H and O–H groups in total. The van der Waals surface area contributed by atoms with Crippen molar-refractivity contribution in [2.75, 3.05) is 6.61 Å². The third-order valence-electron chi connectivity index (χ3n) is 2.68. The number of hydrogen-bond donors (Lipinski definition) is 2. The van der Waals surface area contributed by atoms with E-state index in [4.69, 9.17) is 9.84 Å². The summed E-state index contributed by atoms with van der Waals surface area (Å²) in [6.45, 7) is -0.302. The average molecular weight is 354 g/mol. The molecule has 1 aliphatic rings. The van der Waals surface area contributed by atoms with Gasteiger partial charge in [-0.2, -0.15) is 0 Å². The van der Waals surface area contributed by atoms with E-state index >= 15 is 0 Å². The molecule has 94 valence electrons. The van der Waals surface area contributed by atoms with Gasteiger partial charge in [0.2, 0.25) is 6.23 Å². The Morgan fingerprint density at radius 1 is 1.71 bits per heavy atom. The first-order valence-electron chi connectivity index (χ1n) is 4.99. The number of aliphatic hydroxyl groups excluding tert-OH is 2. The second-order valence-electron chi connectivity index (χ2n) is 3.80. The highest BCUT2D eigenvalue weighted by Gasteiger charge is 2.38. The van der Waals surface area contributed by atoms with Crippen LogP contribution in [0.15, 0.2) is 12.3 Å². The first kappa shape index (κ1) is 12.7. The van der Waals surface area contributed by atoms with Crippen molar-refractivity contribution in [3.05, 3.63) is 25.9 Å². The van der Waals surface area contributed by atoms with Crippen LogP contribution in [-0.2, 0) is 4.74 Å². The Kier molecular flexibility index (Phi) is 3.66. The monoisotopic (exact) mass is 354 g/mol. The van der Waals surface area contributed by atoms with Crippen molar-refractivity contribution < 1.29 is 19.9 Å². The molecule has 0 spiro atoms. The van der Waals surface area contributed by atoms with Crippen LogP contribution in [0.4, 0.5) is 5.82 Å². The van der Waals surface area contributed by atoms with Gasteiger partial charge in [0.25, 0.3) is 0 Å². The molecule has 0 bridgehead atoms. The molecule has 2 rings (SSSR count). The summed E-state index contributed by atoms with van der Waals surface area (Å²) in [5.74, 6) is -0.0785. The number of nitro groups is 1. The second kappa shape index (κ2) is 4.88. The molecule has 0 saturated carbocycles. The Morgan fingerprint density at radius 3 is 2.94 bits per heavy atom. The summed E-state index contributed by atoms with van der Waals surface area (Å²) in [7, 11) is 0. The minimum Gasteiger partial charge on any atom is -0.394 e.